The van der Waals surface area contributed by atoms with Crippen molar-refractivity contribution in [2.45, 2.75) is 13.8 Å². The van der Waals surface area contributed by atoms with Crippen LogP contribution in [0.15, 0.2) is 41.2 Å². The number of halogens is 1. The van der Waals surface area contributed by atoms with Crippen LogP contribution in [-0.2, 0) is 0 Å². The van der Waals surface area contributed by atoms with Crippen LogP contribution in [0.3, 0.4) is 0 Å². The Kier molecular flexibility index (Phi) is 5.09. The normalized spacial score (nSPS) is 10.5. The summed E-state index contributed by atoms with van der Waals surface area (Å²) in [6.45, 7) is 3.64. The van der Waals surface area contributed by atoms with Crippen molar-refractivity contribution in [3.63, 3.8) is 0 Å². The summed E-state index contributed by atoms with van der Waals surface area (Å²) < 4.78 is 10.3. The summed E-state index contributed by atoms with van der Waals surface area (Å²) >= 11 is 6.13. The van der Waals surface area contributed by atoms with Crippen molar-refractivity contribution in [3.05, 3.63) is 58.6 Å². The molecule has 134 valence electrons. The maximum Gasteiger partial charge on any atom is 0.258 e. The Morgan fingerprint density at radius 3 is 2.69 bits per heavy atom. The number of carbonyl (C=O) groups is 1. The first-order valence-electron chi connectivity index (χ1n) is 7.77. The number of ether oxygens (including phenoxy) is 1. The molecule has 0 bridgehead atoms. The summed E-state index contributed by atoms with van der Waals surface area (Å²) in [5, 5.41) is 10.2. The number of anilines is 3. The topological polar surface area (TPSA) is 89.3 Å². The predicted molar refractivity (Wildman–Crippen MR) is 99.5 cm³/mol. The van der Waals surface area contributed by atoms with Crippen LogP contribution in [0.4, 0.5) is 17.2 Å². The molecule has 2 aromatic heterocycles. The van der Waals surface area contributed by atoms with Crippen LogP contribution in [0.5, 0.6) is 5.75 Å². The Bertz CT molecular complexity index is 955. The van der Waals surface area contributed by atoms with E-state index in [1.807, 2.05) is 13.0 Å². The second-order valence-electron chi connectivity index (χ2n) is 5.67. The van der Waals surface area contributed by atoms with Crippen molar-refractivity contribution in [2.75, 3.05) is 17.7 Å². The minimum atomic E-state index is -0.339. The zero-order valence-electron chi connectivity index (χ0n) is 14.5. The van der Waals surface area contributed by atoms with Crippen LogP contribution in [0.25, 0.3) is 0 Å². The second kappa shape index (κ2) is 7.45. The average Bonchev–Trinajstić information content (AvgIpc) is 3.03. The molecular weight excluding hydrogens is 356 g/mol. The van der Waals surface area contributed by atoms with E-state index in [9.17, 15) is 4.79 Å². The number of hydrogen-bond donors (Lipinski definition) is 2. The number of methoxy groups -OCH3 is 1. The Balaban J connectivity index is 1.81. The summed E-state index contributed by atoms with van der Waals surface area (Å²) in [6, 6.07) is 6.91. The van der Waals surface area contributed by atoms with Gasteiger partial charge in [-0.2, -0.15) is 0 Å². The fourth-order valence-corrected chi connectivity index (χ4v) is 2.49. The molecule has 7 nitrogen and oxygen atoms in total. The standard InChI is InChI=1S/C18H17ClN4O3/c1-10-4-15(16(25-3)7-14(10)19)21-13-6-12(8-20-9-13)18(24)22-17-5-11(2)26-23-17/h4-9,21H,1-3H3,(H,22,23,24). The zero-order chi connectivity index (χ0) is 18.7. The minimum absolute atomic E-state index is 0.339. The highest BCUT2D eigenvalue weighted by Gasteiger charge is 2.12. The Hall–Kier alpha value is -3.06. The lowest BCUT2D eigenvalue weighted by molar-refractivity contribution is 0.102. The Morgan fingerprint density at radius 1 is 1.19 bits per heavy atom. The van der Waals surface area contributed by atoms with E-state index in [4.69, 9.17) is 20.9 Å². The molecule has 1 aromatic carbocycles. The Morgan fingerprint density at radius 2 is 2.00 bits per heavy atom. The number of hydrogen-bond acceptors (Lipinski definition) is 6. The van der Waals surface area contributed by atoms with E-state index in [0.29, 0.717) is 33.6 Å². The lowest BCUT2D eigenvalue weighted by atomic mass is 10.2. The van der Waals surface area contributed by atoms with Crippen molar-refractivity contribution in [1.29, 1.82) is 0 Å². The molecule has 8 heteroatoms. The van der Waals surface area contributed by atoms with Crippen LogP contribution in [-0.4, -0.2) is 23.2 Å². The number of aryl methyl sites for hydroxylation is 2. The molecule has 26 heavy (non-hydrogen) atoms. The summed E-state index contributed by atoms with van der Waals surface area (Å²) in [4.78, 5) is 16.5. The van der Waals surface area contributed by atoms with Gasteiger partial charge in [-0.05, 0) is 31.5 Å². The molecule has 0 aliphatic heterocycles. The van der Waals surface area contributed by atoms with Gasteiger partial charge >= 0.3 is 0 Å². The predicted octanol–water partition coefficient (Wildman–Crippen LogP) is 4.34. The molecule has 0 aliphatic rings. The van der Waals surface area contributed by atoms with E-state index >= 15 is 0 Å². The van der Waals surface area contributed by atoms with Crippen LogP contribution >= 0.6 is 11.6 Å². The van der Waals surface area contributed by atoms with E-state index < -0.39 is 0 Å². The van der Waals surface area contributed by atoms with Gasteiger partial charge in [-0.15, -0.1) is 0 Å². The van der Waals surface area contributed by atoms with Crippen molar-refractivity contribution < 1.29 is 14.1 Å². The largest absolute Gasteiger partial charge is 0.495 e. The highest BCUT2D eigenvalue weighted by atomic mass is 35.5. The third kappa shape index (κ3) is 3.94. The van der Waals surface area contributed by atoms with Crippen LogP contribution in [0, 0.1) is 13.8 Å². The first kappa shape index (κ1) is 17.8. The van der Waals surface area contributed by atoms with E-state index in [1.165, 1.54) is 6.20 Å². The van der Waals surface area contributed by atoms with Crippen LogP contribution in [0.1, 0.15) is 21.7 Å². The summed E-state index contributed by atoms with van der Waals surface area (Å²) in [5.74, 6) is 1.21. The SMILES string of the molecule is COc1cc(Cl)c(C)cc1Nc1cncc(C(=O)Nc2cc(C)on2)c1. The number of pyridine rings is 1. The van der Waals surface area contributed by atoms with Crippen molar-refractivity contribution in [1.82, 2.24) is 10.1 Å². The van der Waals surface area contributed by atoms with E-state index in [-0.39, 0.29) is 5.91 Å². The molecule has 0 spiro atoms. The molecular formula is C18H17ClN4O3. The van der Waals surface area contributed by atoms with Gasteiger partial charge in [0.25, 0.3) is 5.91 Å². The van der Waals surface area contributed by atoms with E-state index in [1.54, 1.807) is 38.4 Å². The van der Waals surface area contributed by atoms with Crippen molar-refractivity contribution >= 4 is 34.7 Å². The maximum absolute atomic E-state index is 12.3. The van der Waals surface area contributed by atoms with Gasteiger partial charge in [0.15, 0.2) is 5.82 Å². The minimum Gasteiger partial charge on any atom is -0.495 e. The monoisotopic (exact) mass is 372 g/mol. The number of amides is 1. The van der Waals surface area contributed by atoms with Gasteiger partial charge < -0.3 is 19.9 Å². The Labute approximate surface area is 155 Å². The molecule has 2 heterocycles. The quantitative estimate of drug-likeness (QED) is 0.692. The fraction of sp³-hybridized carbons (Fsp3) is 0.167. The number of nitrogens with one attached hydrogen (secondary N) is 2. The molecule has 0 saturated heterocycles. The van der Waals surface area contributed by atoms with Gasteiger partial charge in [-0.3, -0.25) is 9.78 Å². The number of rotatable bonds is 5. The number of aromatic nitrogens is 2. The summed E-state index contributed by atoms with van der Waals surface area (Å²) in [5.41, 5.74) is 2.63. The molecule has 0 unspecified atom stereocenters. The number of carbonyl (C=O) groups excluding carboxylic acids is 1. The average molecular weight is 373 g/mol. The molecule has 3 aromatic rings. The summed E-state index contributed by atoms with van der Waals surface area (Å²) in [6.07, 6.45) is 3.08. The lowest BCUT2D eigenvalue weighted by Gasteiger charge is -2.13. The number of benzene rings is 1. The first-order valence-corrected chi connectivity index (χ1v) is 8.15. The molecule has 0 aliphatic carbocycles. The molecule has 0 radical (unpaired) electrons. The third-order valence-electron chi connectivity index (χ3n) is 3.63. The third-order valence-corrected chi connectivity index (χ3v) is 4.04. The first-order chi connectivity index (χ1) is 12.5. The highest BCUT2D eigenvalue weighted by molar-refractivity contribution is 6.31. The molecule has 0 atom stereocenters. The second-order valence-corrected chi connectivity index (χ2v) is 6.07. The molecule has 0 saturated carbocycles. The van der Waals surface area contributed by atoms with Gasteiger partial charge in [0.05, 0.1) is 30.2 Å². The lowest BCUT2D eigenvalue weighted by Crippen LogP contribution is -2.12. The molecule has 0 fully saturated rings. The van der Waals surface area contributed by atoms with Gasteiger partial charge in [0.2, 0.25) is 0 Å². The molecule has 2 N–H and O–H groups in total. The highest BCUT2D eigenvalue weighted by Crippen LogP contribution is 2.33. The number of nitrogens with zero attached hydrogens (tertiary/aromatic N) is 2. The van der Waals surface area contributed by atoms with Gasteiger partial charge in [0, 0.05) is 23.4 Å². The van der Waals surface area contributed by atoms with Gasteiger partial charge in [-0.1, -0.05) is 16.8 Å². The fourth-order valence-electron chi connectivity index (χ4n) is 2.33. The maximum atomic E-state index is 12.3. The summed E-state index contributed by atoms with van der Waals surface area (Å²) in [7, 11) is 1.56. The smallest absolute Gasteiger partial charge is 0.258 e. The molecule has 1 amide bonds. The van der Waals surface area contributed by atoms with Gasteiger partial charge in [-0.25, -0.2) is 0 Å². The van der Waals surface area contributed by atoms with Gasteiger partial charge in [0.1, 0.15) is 11.5 Å². The van der Waals surface area contributed by atoms with E-state index in [2.05, 4.69) is 20.8 Å². The molecule has 3 rings (SSSR count). The van der Waals surface area contributed by atoms with Crippen molar-refractivity contribution in [2.24, 2.45) is 0 Å². The van der Waals surface area contributed by atoms with Crippen LogP contribution in [0.2, 0.25) is 5.02 Å². The van der Waals surface area contributed by atoms with Crippen molar-refractivity contribution in [3.8, 4) is 5.75 Å². The van der Waals surface area contributed by atoms with Crippen LogP contribution < -0.4 is 15.4 Å². The van der Waals surface area contributed by atoms with E-state index in [0.717, 1.165) is 11.3 Å². The zero-order valence-corrected chi connectivity index (χ0v) is 15.2.